The molecule has 0 aliphatic heterocycles. The van der Waals surface area contributed by atoms with Crippen LogP contribution in [0.4, 0.5) is 5.00 Å². The molecule has 0 fully saturated rings. The molecule has 0 saturated heterocycles. The van der Waals surface area contributed by atoms with E-state index in [4.69, 9.17) is 4.74 Å². The van der Waals surface area contributed by atoms with Crippen molar-refractivity contribution in [2.75, 3.05) is 11.9 Å². The zero-order valence-corrected chi connectivity index (χ0v) is 20.3. The second-order valence-electron chi connectivity index (χ2n) is 7.39. The Morgan fingerprint density at radius 2 is 1.94 bits per heavy atom. The Morgan fingerprint density at radius 3 is 2.73 bits per heavy atom. The number of anilines is 1. The summed E-state index contributed by atoms with van der Waals surface area (Å²) >= 11 is 2.66. The molecule has 0 spiro atoms. The second kappa shape index (κ2) is 9.72. The number of hydrogen-bond acceptors (Lipinski definition) is 8. The van der Waals surface area contributed by atoms with Crippen molar-refractivity contribution >= 4 is 45.8 Å². The molecule has 0 aliphatic rings. The van der Waals surface area contributed by atoms with E-state index in [0.29, 0.717) is 38.7 Å². The van der Waals surface area contributed by atoms with Crippen molar-refractivity contribution in [2.45, 2.75) is 38.6 Å². The Labute approximate surface area is 199 Å². The van der Waals surface area contributed by atoms with Crippen LogP contribution in [0.3, 0.4) is 0 Å². The molecule has 4 rings (SSSR count). The number of nitrogens with zero attached hydrogens (tertiary/aromatic N) is 4. The zero-order valence-electron chi connectivity index (χ0n) is 18.7. The molecule has 170 valence electrons. The van der Waals surface area contributed by atoms with Gasteiger partial charge in [0.05, 0.1) is 11.6 Å². The molecule has 3 heterocycles. The van der Waals surface area contributed by atoms with Crippen LogP contribution in [0.1, 0.15) is 49.5 Å². The van der Waals surface area contributed by atoms with E-state index < -0.39 is 0 Å². The summed E-state index contributed by atoms with van der Waals surface area (Å²) < 4.78 is 6.79. The van der Waals surface area contributed by atoms with Crippen LogP contribution in [-0.4, -0.2) is 38.1 Å². The van der Waals surface area contributed by atoms with Crippen molar-refractivity contribution in [1.29, 1.82) is 0 Å². The van der Waals surface area contributed by atoms with Crippen LogP contribution in [0.5, 0.6) is 0 Å². The van der Waals surface area contributed by atoms with Crippen molar-refractivity contribution in [3.8, 4) is 0 Å². The van der Waals surface area contributed by atoms with E-state index in [0.717, 1.165) is 22.5 Å². The lowest BCUT2D eigenvalue weighted by Gasteiger charge is -2.08. The van der Waals surface area contributed by atoms with E-state index in [9.17, 15) is 9.59 Å². The Morgan fingerprint density at radius 1 is 1.15 bits per heavy atom. The molecule has 0 unspecified atom stereocenters. The molecule has 0 aliphatic carbocycles. The van der Waals surface area contributed by atoms with Gasteiger partial charge in [0, 0.05) is 22.7 Å². The van der Waals surface area contributed by atoms with Gasteiger partial charge in [-0.2, -0.15) is 4.98 Å². The summed E-state index contributed by atoms with van der Waals surface area (Å²) in [6.45, 7) is 7.78. The number of fused-ring (bicyclic) bond motifs is 1. The smallest absolute Gasteiger partial charge is 0.348 e. The number of thiophene rings is 1. The van der Waals surface area contributed by atoms with Crippen molar-refractivity contribution in [2.24, 2.45) is 0 Å². The Bertz CT molecular complexity index is 1350. The highest BCUT2D eigenvalue weighted by Crippen LogP contribution is 2.29. The maximum Gasteiger partial charge on any atom is 0.348 e. The predicted molar refractivity (Wildman–Crippen MR) is 129 cm³/mol. The second-order valence-corrected chi connectivity index (χ2v) is 9.38. The van der Waals surface area contributed by atoms with Gasteiger partial charge in [-0.05, 0) is 57.0 Å². The fourth-order valence-electron chi connectivity index (χ4n) is 3.34. The van der Waals surface area contributed by atoms with Gasteiger partial charge >= 0.3 is 5.97 Å². The van der Waals surface area contributed by atoms with Gasteiger partial charge < -0.3 is 10.1 Å². The van der Waals surface area contributed by atoms with E-state index in [2.05, 4.69) is 20.4 Å². The molecule has 4 aromatic rings. The highest BCUT2D eigenvalue weighted by Gasteiger charge is 2.18. The SMILES string of the molecule is CCOC(=O)c1sc(NC(=O)c2ccccc2CSc2nc3nc(C)cc(C)n3n2)cc1C. The molecule has 33 heavy (non-hydrogen) atoms. The number of rotatable bonds is 7. The third-order valence-electron chi connectivity index (χ3n) is 4.83. The van der Waals surface area contributed by atoms with Gasteiger partial charge in [-0.3, -0.25) is 4.79 Å². The number of carbonyl (C=O) groups excluding carboxylic acids is 2. The molecular weight excluding hydrogens is 458 g/mol. The van der Waals surface area contributed by atoms with E-state index >= 15 is 0 Å². The number of aromatic nitrogens is 4. The normalized spacial score (nSPS) is 11.0. The maximum atomic E-state index is 13.0. The fraction of sp³-hybridized carbons (Fsp3) is 0.261. The van der Waals surface area contributed by atoms with E-state index in [1.807, 2.05) is 45.0 Å². The van der Waals surface area contributed by atoms with Crippen LogP contribution in [0.25, 0.3) is 5.78 Å². The monoisotopic (exact) mass is 481 g/mol. The number of hydrogen-bond donors (Lipinski definition) is 1. The predicted octanol–water partition coefficient (Wildman–Crippen LogP) is 4.83. The number of aryl methyl sites for hydroxylation is 3. The zero-order chi connectivity index (χ0) is 23.5. The number of esters is 1. The quantitative estimate of drug-likeness (QED) is 0.298. The molecule has 1 amide bonds. The average Bonchev–Trinajstić information content (AvgIpc) is 3.35. The van der Waals surface area contributed by atoms with Crippen LogP contribution in [0.15, 0.2) is 41.6 Å². The lowest BCUT2D eigenvalue weighted by molar-refractivity contribution is 0.0531. The lowest BCUT2D eigenvalue weighted by atomic mass is 10.1. The first-order valence-electron chi connectivity index (χ1n) is 10.4. The molecular formula is C23H23N5O3S2. The van der Waals surface area contributed by atoms with Crippen molar-refractivity contribution in [1.82, 2.24) is 19.6 Å². The van der Waals surface area contributed by atoms with E-state index in [1.165, 1.54) is 23.1 Å². The van der Waals surface area contributed by atoms with Crippen molar-refractivity contribution in [3.63, 3.8) is 0 Å². The molecule has 1 aromatic carbocycles. The molecule has 0 saturated carbocycles. The minimum Gasteiger partial charge on any atom is -0.462 e. The number of carbonyl (C=O) groups is 2. The molecule has 10 heteroatoms. The summed E-state index contributed by atoms with van der Waals surface area (Å²) in [7, 11) is 0. The van der Waals surface area contributed by atoms with Crippen molar-refractivity contribution < 1.29 is 14.3 Å². The van der Waals surface area contributed by atoms with Gasteiger partial charge in [-0.25, -0.2) is 14.3 Å². The largest absolute Gasteiger partial charge is 0.462 e. The van der Waals surface area contributed by atoms with E-state index in [-0.39, 0.29) is 11.9 Å². The summed E-state index contributed by atoms with van der Waals surface area (Å²) in [4.78, 5) is 34.5. The van der Waals surface area contributed by atoms with Crippen LogP contribution in [-0.2, 0) is 10.5 Å². The number of nitrogens with one attached hydrogen (secondary N) is 1. The van der Waals surface area contributed by atoms with Crippen molar-refractivity contribution in [3.05, 3.63) is 69.4 Å². The molecule has 3 aromatic heterocycles. The van der Waals surface area contributed by atoms with Gasteiger partial charge in [0.1, 0.15) is 4.88 Å². The Hall–Kier alpha value is -3.24. The summed E-state index contributed by atoms with van der Waals surface area (Å²) in [6.07, 6.45) is 0. The van der Waals surface area contributed by atoms with Gasteiger partial charge in [0.25, 0.3) is 11.7 Å². The topological polar surface area (TPSA) is 98.5 Å². The summed E-state index contributed by atoms with van der Waals surface area (Å²) in [5.41, 5.74) is 4.04. The van der Waals surface area contributed by atoms with Crippen LogP contribution < -0.4 is 5.32 Å². The number of amides is 1. The lowest BCUT2D eigenvalue weighted by Crippen LogP contribution is -2.13. The van der Waals surface area contributed by atoms with Gasteiger partial charge in [-0.1, -0.05) is 30.0 Å². The van der Waals surface area contributed by atoms with Crippen LogP contribution >= 0.6 is 23.1 Å². The number of thioether (sulfide) groups is 1. The summed E-state index contributed by atoms with van der Waals surface area (Å²) in [5.74, 6) is 0.471. The minimum atomic E-state index is -0.378. The fourth-order valence-corrected chi connectivity index (χ4v) is 5.12. The number of benzene rings is 1. The molecule has 0 radical (unpaired) electrons. The highest BCUT2D eigenvalue weighted by molar-refractivity contribution is 7.98. The molecule has 0 bridgehead atoms. The van der Waals surface area contributed by atoms with Crippen LogP contribution in [0, 0.1) is 20.8 Å². The summed E-state index contributed by atoms with van der Waals surface area (Å²) in [6, 6.07) is 11.2. The van der Waals surface area contributed by atoms with Gasteiger partial charge in [0.15, 0.2) is 0 Å². The maximum absolute atomic E-state index is 13.0. The van der Waals surface area contributed by atoms with E-state index in [1.54, 1.807) is 23.6 Å². The molecule has 0 atom stereocenters. The Kier molecular flexibility index (Phi) is 6.75. The summed E-state index contributed by atoms with van der Waals surface area (Å²) in [5, 5.41) is 8.62. The average molecular weight is 482 g/mol. The third kappa shape index (κ3) is 5.07. The first-order chi connectivity index (χ1) is 15.9. The number of ether oxygens (including phenoxy) is 1. The molecule has 8 nitrogen and oxygen atoms in total. The van der Waals surface area contributed by atoms with Gasteiger partial charge in [0.2, 0.25) is 5.16 Å². The minimum absolute atomic E-state index is 0.237. The standard InChI is InChI=1S/C23H23N5O3S2/c1-5-31-21(30)19-13(2)10-18(33-19)25-20(29)17-9-7-6-8-16(17)12-32-23-26-22-24-14(3)11-15(4)28(22)27-23/h6-11H,5,12H2,1-4H3,(H,25,29). The van der Waals surface area contributed by atoms with Crippen LogP contribution in [0.2, 0.25) is 0 Å². The first kappa shape index (κ1) is 22.9. The first-order valence-corrected chi connectivity index (χ1v) is 12.2. The third-order valence-corrected chi connectivity index (χ3v) is 6.85. The van der Waals surface area contributed by atoms with Gasteiger partial charge in [-0.15, -0.1) is 16.4 Å². The molecule has 1 N–H and O–H groups in total. The Balaban J connectivity index is 1.49. The highest BCUT2D eigenvalue weighted by atomic mass is 32.2.